The number of hydrogen-bond acceptors (Lipinski definition) is 3. The van der Waals surface area contributed by atoms with E-state index in [0.717, 1.165) is 63.8 Å². The minimum absolute atomic E-state index is 0.626. The van der Waals surface area contributed by atoms with Crippen LogP contribution in [0, 0.1) is 0 Å². The summed E-state index contributed by atoms with van der Waals surface area (Å²) in [6.45, 7) is 5.94. The van der Waals surface area contributed by atoms with Crippen LogP contribution in [-0.4, -0.2) is 61.1 Å². The Labute approximate surface area is 167 Å². The summed E-state index contributed by atoms with van der Waals surface area (Å²) in [6, 6.07) is 15.2. The molecule has 1 saturated heterocycles. The molecule has 0 amide bonds. The Morgan fingerprint density at radius 2 is 1.93 bits per heavy atom. The molecule has 1 aromatic carbocycles. The van der Waals surface area contributed by atoms with Crippen LogP contribution in [0.1, 0.15) is 17.7 Å². The first-order valence-corrected chi connectivity index (χ1v) is 10.4. The molecule has 2 aromatic rings. The maximum Gasteiger partial charge on any atom is 0.194 e. The number of aliphatic imine (C=N–C) groups is 1. The molecule has 1 atom stereocenters. The molecule has 0 spiro atoms. The molecular weight excluding hydrogens is 348 g/mol. The zero-order chi connectivity index (χ0) is 19.0. The highest BCUT2D eigenvalue weighted by atomic mass is 16.3. The van der Waals surface area contributed by atoms with Crippen LogP contribution in [0.5, 0.6) is 0 Å². The summed E-state index contributed by atoms with van der Waals surface area (Å²) in [5.41, 5.74) is 1.35. The molecule has 148 valence electrons. The number of hydrogen-bond donors (Lipinski definition) is 1. The maximum absolute atomic E-state index is 5.45. The smallest absolute Gasteiger partial charge is 0.194 e. The van der Waals surface area contributed by atoms with E-state index in [2.05, 4.69) is 57.6 Å². The summed E-state index contributed by atoms with van der Waals surface area (Å²) < 4.78 is 5.45. The van der Waals surface area contributed by atoms with Gasteiger partial charge in [0.2, 0.25) is 0 Å². The predicted molar refractivity (Wildman–Crippen MR) is 114 cm³/mol. The lowest BCUT2D eigenvalue weighted by Crippen LogP contribution is -2.43. The average Bonchev–Trinajstić information content (AvgIpc) is 3.49. The van der Waals surface area contributed by atoms with E-state index in [-0.39, 0.29) is 0 Å². The van der Waals surface area contributed by atoms with Crippen molar-refractivity contribution < 1.29 is 4.42 Å². The Balaban J connectivity index is 1.34. The first kappa shape index (κ1) is 18.8. The Hall–Kier alpha value is -2.53. The van der Waals surface area contributed by atoms with Crippen molar-refractivity contribution in [2.75, 3.05) is 39.3 Å². The molecule has 0 radical (unpaired) electrons. The number of rotatable bonds is 7. The van der Waals surface area contributed by atoms with Gasteiger partial charge in [-0.15, -0.1) is 0 Å². The second kappa shape index (κ2) is 9.60. The zero-order valence-corrected chi connectivity index (χ0v) is 16.5. The Morgan fingerprint density at radius 1 is 1.07 bits per heavy atom. The fourth-order valence-electron chi connectivity index (χ4n) is 3.98. The van der Waals surface area contributed by atoms with Crippen molar-refractivity contribution in [3.05, 3.63) is 72.2 Å². The Morgan fingerprint density at radius 3 is 2.71 bits per heavy atom. The molecule has 0 aliphatic carbocycles. The number of furan rings is 1. The van der Waals surface area contributed by atoms with Crippen molar-refractivity contribution in [2.24, 2.45) is 4.99 Å². The fourth-order valence-corrected chi connectivity index (χ4v) is 3.98. The minimum Gasteiger partial charge on any atom is -0.469 e. The van der Waals surface area contributed by atoms with Gasteiger partial charge in [-0.25, -0.2) is 0 Å². The van der Waals surface area contributed by atoms with Crippen molar-refractivity contribution in [1.29, 1.82) is 0 Å². The largest absolute Gasteiger partial charge is 0.469 e. The third kappa shape index (κ3) is 5.04. The first-order chi connectivity index (χ1) is 13.9. The van der Waals surface area contributed by atoms with Crippen LogP contribution in [-0.2, 0) is 12.8 Å². The van der Waals surface area contributed by atoms with Gasteiger partial charge in [-0.3, -0.25) is 9.89 Å². The van der Waals surface area contributed by atoms with E-state index in [0.29, 0.717) is 6.04 Å². The monoisotopic (exact) mass is 378 g/mol. The van der Waals surface area contributed by atoms with Crippen molar-refractivity contribution in [2.45, 2.75) is 25.3 Å². The zero-order valence-electron chi connectivity index (χ0n) is 16.5. The molecule has 1 unspecified atom stereocenters. The van der Waals surface area contributed by atoms with Gasteiger partial charge >= 0.3 is 0 Å². The second-order valence-corrected chi connectivity index (χ2v) is 7.51. The van der Waals surface area contributed by atoms with E-state index in [1.54, 1.807) is 6.26 Å². The molecule has 1 aromatic heterocycles. The third-order valence-electron chi connectivity index (χ3n) is 5.57. The number of guanidine groups is 1. The van der Waals surface area contributed by atoms with Crippen LogP contribution in [0.2, 0.25) is 0 Å². The van der Waals surface area contributed by atoms with E-state index >= 15 is 0 Å². The summed E-state index contributed by atoms with van der Waals surface area (Å²) in [6.07, 6.45) is 9.33. The standard InChI is InChI=1S/C23H30N4O/c1-2-7-20(8-3-1)10-13-24-23(25-14-11-22-9-6-18-28-22)27-17-12-21(19-27)26-15-4-5-16-26/h1-9,18,21H,10-17,19H2,(H,24,25). The molecule has 1 fully saturated rings. The number of nitrogens with zero attached hydrogens (tertiary/aromatic N) is 3. The van der Waals surface area contributed by atoms with Gasteiger partial charge in [-0.1, -0.05) is 42.5 Å². The van der Waals surface area contributed by atoms with Crippen molar-refractivity contribution in [3.8, 4) is 0 Å². The van der Waals surface area contributed by atoms with E-state index < -0.39 is 0 Å². The SMILES string of the molecule is C1=CCN(C2CCN(C(=NCCc3ccco3)NCCc3ccccc3)C2)C1. The lowest BCUT2D eigenvalue weighted by atomic mass is 10.1. The van der Waals surface area contributed by atoms with Crippen LogP contribution < -0.4 is 5.32 Å². The quantitative estimate of drug-likeness (QED) is 0.457. The highest BCUT2D eigenvalue weighted by Gasteiger charge is 2.29. The second-order valence-electron chi connectivity index (χ2n) is 7.51. The van der Waals surface area contributed by atoms with Crippen molar-refractivity contribution in [3.63, 3.8) is 0 Å². The molecule has 2 aliphatic heterocycles. The molecule has 5 nitrogen and oxygen atoms in total. The van der Waals surface area contributed by atoms with Crippen molar-refractivity contribution in [1.82, 2.24) is 15.1 Å². The average molecular weight is 379 g/mol. The van der Waals surface area contributed by atoms with Crippen LogP contribution in [0.4, 0.5) is 0 Å². The first-order valence-electron chi connectivity index (χ1n) is 10.4. The van der Waals surface area contributed by atoms with E-state index in [4.69, 9.17) is 9.41 Å². The molecule has 3 heterocycles. The lowest BCUT2D eigenvalue weighted by molar-refractivity contribution is 0.259. The van der Waals surface area contributed by atoms with Gasteiger partial charge in [0, 0.05) is 51.7 Å². The van der Waals surface area contributed by atoms with E-state index in [1.165, 1.54) is 12.0 Å². The summed E-state index contributed by atoms with van der Waals surface area (Å²) in [7, 11) is 0. The van der Waals surface area contributed by atoms with Gasteiger partial charge in [0.25, 0.3) is 0 Å². The van der Waals surface area contributed by atoms with E-state index in [1.807, 2.05) is 12.1 Å². The molecular formula is C23H30N4O. The lowest BCUT2D eigenvalue weighted by Gasteiger charge is -2.25. The van der Waals surface area contributed by atoms with Gasteiger partial charge in [0.1, 0.15) is 5.76 Å². The summed E-state index contributed by atoms with van der Waals surface area (Å²) in [5.74, 6) is 2.03. The topological polar surface area (TPSA) is 44.0 Å². The third-order valence-corrected chi connectivity index (χ3v) is 5.57. The molecule has 0 bridgehead atoms. The Bertz CT molecular complexity index is 761. The van der Waals surface area contributed by atoms with E-state index in [9.17, 15) is 0 Å². The fraction of sp³-hybridized carbons (Fsp3) is 0.435. The molecule has 5 heteroatoms. The van der Waals surface area contributed by atoms with Crippen LogP contribution in [0.3, 0.4) is 0 Å². The maximum atomic E-state index is 5.45. The van der Waals surface area contributed by atoms with Gasteiger partial charge in [0.15, 0.2) is 5.96 Å². The molecule has 4 rings (SSSR count). The minimum atomic E-state index is 0.626. The van der Waals surface area contributed by atoms with Gasteiger partial charge in [-0.2, -0.15) is 0 Å². The normalized spacial score (nSPS) is 20.2. The molecule has 0 saturated carbocycles. The predicted octanol–water partition coefficient (Wildman–Crippen LogP) is 2.96. The summed E-state index contributed by atoms with van der Waals surface area (Å²) >= 11 is 0. The van der Waals surface area contributed by atoms with Crippen LogP contribution in [0.15, 0.2) is 70.3 Å². The van der Waals surface area contributed by atoms with Crippen molar-refractivity contribution >= 4 is 5.96 Å². The Kier molecular flexibility index (Phi) is 6.45. The van der Waals surface area contributed by atoms with Crippen LogP contribution in [0.25, 0.3) is 0 Å². The number of nitrogens with one attached hydrogen (secondary N) is 1. The molecule has 1 N–H and O–H groups in total. The van der Waals surface area contributed by atoms with Gasteiger partial charge in [0.05, 0.1) is 6.26 Å². The summed E-state index contributed by atoms with van der Waals surface area (Å²) in [4.78, 5) is 9.90. The van der Waals surface area contributed by atoms with Gasteiger partial charge < -0.3 is 14.6 Å². The number of benzene rings is 1. The number of likely N-dealkylation sites (tertiary alicyclic amines) is 1. The molecule has 28 heavy (non-hydrogen) atoms. The van der Waals surface area contributed by atoms with Crippen LogP contribution >= 0.6 is 0 Å². The highest BCUT2D eigenvalue weighted by molar-refractivity contribution is 5.80. The molecule has 2 aliphatic rings. The van der Waals surface area contributed by atoms with Gasteiger partial charge in [-0.05, 0) is 30.5 Å². The highest BCUT2D eigenvalue weighted by Crippen LogP contribution is 2.18. The summed E-state index contributed by atoms with van der Waals surface area (Å²) in [5, 5.41) is 3.61.